The molecule has 1 aliphatic rings. The van der Waals surface area contributed by atoms with E-state index < -0.39 is 5.97 Å². The molecular weight excluding hydrogens is 439 g/mol. The molecule has 0 aliphatic carbocycles. The van der Waals surface area contributed by atoms with E-state index >= 15 is 0 Å². The van der Waals surface area contributed by atoms with Crippen molar-refractivity contribution in [3.63, 3.8) is 0 Å². The minimum Gasteiger partial charge on any atom is -0.481 e. The molecule has 0 spiro atoms. The number of fused-ring (bicyclic) bond motifs is 3. The number of rotatable bonds is 7. The number of hydrogen-bond acceptors (Lipinski definition) is 5. The van der Waals surface area contributed by atoms with Gasteiger partial charge in [-0.3, -0.25) is 9.59 Å². The van der Waals surface area contributed by atoms with Crippen LogP contribution in [-0.2, 0) is 42.1 Å². The second-order valence-electron chi connectivity index (χ2n) is 8.38. The molecule has 0 unspecified atom stereocenters. The molecule has 1 aliphatic heterocycles. The molecule has 5 rings (SSSR count). The van der Waals surface area contributed by atoms with Crippen LogP contribution in [-0.4, -0.2) is 53.0 Å². The number of benzene rings is 1. The SMILES string of the molecule is O=C(O)CCc1cn(CC(=O)N2CCc3c(n(Cc4cccc(F)c4)c4ncccc34)C2)nn1. The summed E-state index contributed by atoms with van der Waals surface area (Å²) in [6.07, 6.45) is 4.28. The van der Waals surface area contributed by atoms with Crippen molar-refractivity contribution >= 4 is 22.9 Å². The van der Waals surface area contributed by atoms with Crippen LogP contribution < -0.4 is 0 Å². The minimum atomic E-state index is -0.905. The van der Waals surface area contributed by atoms with Gasteiger partial charge in [0.2, 0.25) is 5.91 Å². The van der Waals surface area contributed by atoms with Crippen molar-refractivity contribution in [2.45, 2.75) is 38.9 Å². The average Bonchev–Trinajstić information content (AvgIpc) is 3.40. The molecule has 0 atom stereocenters. The number of aryl methyl sites for hydroxylation is 1. The number of nitrogens with zero attached hydrogens (tertiary/aromatic N) is 6. The normalized spacial score (nSPS) is 13.3. The molecule has 9 nitrogen and oxygen atoms in total. The van der Waals surface area contributed by atoms with Crippen LogP contribution in [0.5, 0.6) is 0 Å². The number of aliphatic carboxylic acids is 1. The van der Waals surface area contributed by atoms with Crippen LogP contribution in [0.25, 0.3) is 11.0 Å². The third-order valence-electron chi connectivity index (χ3n) is 6.07. The molecule has 34 heavy (non-hydrogen) atoms. The summed E-state index contributed by atoms with van der Waals surface area (Å²) in [5, 5.41) is 17.8. The first-order valence-electron chi connectivity index (χ1n) is 11.1. The van der Waals surface area contributed by atoms with E-state index in [0.717, 1.165) is 22.3 Å². The standard InChI is InChI=1S/C24H23FN6O3/c25-17-4-1-3-16(11-17)12-31-21-14-29(10-8-19(21)20-5-2-9-26-24(20)31)22(32)15-30-13-18(27-28-30)6-7-23(33)34/h1-5,9,11,13H,6-8,10,12,14-15H2,(H,33,34). The van der Waals surface area contributed by atoms with Crippen LogP contribution in [0.15, 0.2) is 48.8 Å². The second-order valence-corrected chi connectivity index (χ2v) is 8.38. The van der Waals surface area contributed by atoms with Crippen LogP contribution in [0.2, 0.25) is 0 Å². The first-order valence-corrected chi connectivity index (χ1v) is 11.1. The van der Waals surface area contributed by atoms with Crippen molar-refractivity contribution < 1.29 is 19.1 Å². The lowest BCUT2D eigenvalue weighted by Gasteiger charge is -2.28. The molecule has 0 fully saturated rings. The summed E-state index contributed by atoms with van der Waals surface area (Å²) in [4.78, 5) is 30.2. The van der Waals surface area contributed by atoms with E-state index in [1.54, 1.807) is 23.4 Å². The van der Waals surface area contributed by atoms with Crippen LogP contribution >= 0.6 is 0 Å². The van der Waals surface area contributed by atoms with Gasteiger partial charge in [0.05, 0.1) is 18.7 Å². The molecule has 4 aromatic rings. The highest BCUT2D eigenvalue weighted by Crippen LogP contribution is 2.30. The van der Waals surface area contributed by atoms with Gasteiger partial charge >= 0.3 is 5.97 Å². The Hall–Kier alpha value is -4.08. The lowest BCUT2D eigenvalue weighted by atomic mass is 10.0. The van der Waals surface area contributed by atoms with Gasteiger partial charge in [0.1, 0.15) is 18.0 Å². The first kappa shape index (κ1) is 21.7. The Morgan fingerprint density at radius 2 is 2.06 bits per heavy atom. The number of carbonyl (C=O) groups is 2. The van der Waals surface area contributed by atoms with E-state index in [4.69, 9.17) is 5.11 Å². The molecule has 1 amide bonds. The zero-order chi connectivity index (χ0) is 23.7. The Labute approximate surface area is 194 Å². The van der Waals surface area contributed by atoms with Crippen LogP contribution in [0, 0.1) is 5.82 Å². The highest BCUT2D eigenvalue weighted by molar-refractivity contribution is 5.84. The predicted octanol–water partition coefficient (Wildman–Crippen LogP) is 2.42. The summed E-state index contributed by atoms with van der Waals surface area (Å²) in [5.74, 6) is -1.29. The number of aromatic nitrogens is 5. The largest absolute Gasteiger partial charge is 0.481 e. The van der Waals surface area contributed by atoms with Crippen molar-refractivity contribution in [1.82, 2.24) is 29.4 Å². The van der Waals surface area contributed by atoms with Gasteiger partial charge in [0.15, 0.2) is 0 Å². The highest BCUT2D eigenvalue weighted by Gasteiger charge is 2.27. The van der Waals surface area contributed by atoms with Crippen LogP contribution in [0.1, 0.15) is 28.9 Å². The van der Waals surface area contributed by atoms with Crippen molar-refractivity contribution in [3.05, 3.63) is 77.1 Å². The van der Waals surface area contributed by atoms with Crippen molar-refractivity contribution in [1.29, 1.82) is 0 Å². The van der Waals surface area contributed by atoms with E-state index in [2.05, 4.69) is 19.9 Å². The predicted molar refractivity (Wildman–Crippen MR) is 120 cm³/mol. The third kappa shape index (κ3) is 4.39. The zero-order valence-electron chi connectivity index (χ0n) is 18.4. The van der Waals surface area contributed by atoms with Gasteiger partial charge in [-0.25, -0.2) is 14.1 Å². The number of amides is 1. The maximum atomic E-state index is 13.8. The molecule has 0 saturated carbocycles. The van der Waals surface area contributed by atoms with Crippen molar-refractivity contribution in [2.24, 2.45) is 0 Å². The maximum Gasteiger partial charge on any atom is 0.303 e. The Kier molecular flexibility index (Phi) is 5.79. The summed E-state index contributed by atoms with van der Waals surface area (Å²) in [5.41, 5.74) is 4.35. The lowest BCUT2D eigenvalue weighted by molar-refractivity contribution is -0.137. The molecule has 0 bridgehead atoms. The Balaban J connectivity index is 1.37. The second kappa shape index (κ2) is 9.05. The van der Waals surface area contributed by atoms with Gasteiger partial charge in [-0.1, -0.05) is 17.3 Å². The van der Waals surface area contributed by atoms with Crippen molar-refractivity contribution in [2.75, 3.05) is 6.54 Å². The average molecular weight is 462 g/mol. The van der Waals surface area contributed by atoms with E-state index in [1.807, 2.05) is 18.2 Å². The molecule has 10 heteroatoms. The number of hydrogen-bond donors (Lipinski definition) is 1. The summed E-state index contributed by atoms with van der Waals surface area (Å²) in [6, 6.07) is 10.4. The molecule has 174 valence electrons. The maximum absolute atomic E-state index is 13.8. The topological polar surface area (TPSA) is 106 Å². The molecule has 0 radical (unpaired) electrons. The van der Waals surface area contributed by atoms with Gasteiger partial charge < -0.3 is 14.6 Å². The monoisotopic (exact) mass is 462 g/mol. The fourth-order valence-corrected chi connectivity index (χ4v) is 4.47. The summed E-state index contributed by atoms with van der Waals surface area (Å²) >= 11 is 0. The first-order chi connectivity index (χ1) is 16.5. The van der Waals surface area contributed by atoms with Crippen LogP contribution in [0.3, 0.4) is 0 Å². The Bertz CT molecular complexity index is 1380. The summed E-state index contributed by atoms with van der Waals surface area (Å²) in [7, 11) is 0. The van der Waals surface area contributed by atoms with E-state index in [0.29, 0.717) is 31.7 Å². The number of pyridine rings is 1. The van der Waals surface area contributed by atoms with Crippen molar-refractivity contribution in [3.8, 4) is 0 Å². The molecule has 4 heterocycles. The van der Waals surface area contributed by atoms with E-state index in [1.165, 1.54) is 22.4 Å². The fourth-order valence-electron chi connectivity index (χ4n) is 4.47. The number of carbonyl (C=O) groups excluding carboxylic acids is 1. The number of halogens is 1. The lowest BCUT2D eigenvalue weighted by Crippen LogP contribution is -2.38. The van der Waals surface area contributed by atoms with Gasteiger partial charge in [0.25, 0.3) is 0 Å². The Morgan fingerprint density at radius 1 is 1.18 bits per heavy atom. The molecule has 0 saturated heterocycles. The van der Waals surface area contributed by atoms with Gasteiger partial charge in [-0.15, -0.1) is 5.10 Å². The van der Waals surface area contributed by atoms with E-state index in [-0.39, 0.29) is 31.1 Å². The summed E-state index contributed by atoms with van der Waals surface area (Å²) < 4.78 is 17.3. The van der Waals surface area contributed by atoms with Gasteiger partial charge in [0, 0.05) is 43.0 Å². The smallest absolute Gasteiger partial charge is 0.303 e. The quantitative estimate of drug-likeness (QED) is 0.452. The number of carboxylic acids is 1. The van der Waals surface area contributed by atoms with Crippen LogP contribution in [0.4, 0.5) is 4.39 Å². The fraction of sp³-hybridized carbons (Fsp3) is 0.292. The molecule has 1 N–H and O–H groups in total. The van der Waals surface area contributed by atoms with E-state index in [9.17, 15) is 14.0 Å². The molecule has 3 aromatic heterocycles. The molecular formula is C24H23FN6O3. The highest BCUT2D eigenvalue weighted by atomic mass is 19.1. The number of carboxylic acid groups (broad SMARTS) is 1. The summed E-state index contributed by atoms with van der Waals surface area (Å²) in [6.45, 7) is 1.47. The van der Waals surface area contributed by atoms with Gasteiger partial charge in [-0.2, -0.15) is 0 Å². The zero-order valence-corrected chi connectivity index (χ0v) is 18.4. The third-order valence-corrected chi connectivity index (χ3v) is 6.07. The van der Waals surface area contributed by atoms with Gasteiger partial charge in [-0.05, 0) is 41.8 Å². The molecule has 1 aromatic carbocycles. The Morgan fingerprint density at radius 3 is 2.88 bits per heavy atom. The minimum absolute atomic E-state index is 0.0256.